The first-order valence-corrected chi connectivity index (χ1v) is 19.5. The monoisotopic (exact) mass is 701 g/mol. The van der Waals surface area contributed by atoms with E-state index in [1.807, 2.05) is 19.9 Å². The highest BCUT2D eigenvalue weighted by Gasteiger charge is 2.67. The van der Waals surface area contributed by atoms with Gasteiger partial charge >= 0.3 is 12.1 Å². The lowest BCUT2D eigenvalue weighted by atomic mass is 9.50. The Balaban J connectivity index is 1.13. The van der Waals surface area contributed by atoms with Crippen LogP contribution >= 0.6 is 0 Å². The summed E-state index contributed by atoms with van der Waals surface area (Å²) in [7, 11) is 2.16. The molecule has 9 nitrogen and oxygen atoms in total. The molecule has 4 aliphatic carbocycles. The predicted molar refractivity (Wildman–Crippen MR) is 199 cm³/mol. The molecule has 7 atom stereocenters. The highest BCUT2D eigenvalue weighted by Crippen LogP contribution is 2.67. The third-order valence-corrected chi connectivity index (χ3v) is 13.4. The molecule has 1 aliphatic heterocycles. The van der Waals surface area contributed by atoms with Gasteiger partial charge in [0.25, 0.3) is 0 Å². The van der Waals surface area contributed by atoms with Gasteiger partial charge in [-0.2, -0.15) is 0 Å². The molecular weight excluding hydrogens is 642 g/mol. The summed E-state index contributed by atoms with van der Waals surface area (Å²) >= 11 is 0. The molecule has 278 valence electrons. The van der Waals surface area contributed by atoms with Gasteiger partial charge in [-0.1, -0.05) is 37.5 Å². The Morgan fingerprint density at radius 2 is 1.65 bits per heavy atom. The van der Waals surface area contributed by atoms with Crippen molar-refractivity contribution in [3.8, 4) is 0 Å². The Morgan fingerprint density at radius 3 is 2.29 bits per heavy atom. The maximum absolute atomic E-state index is 13.5. The molecule has 0 radical (unpaired) electrons. The number of hydrogen-bond donors (Lipinski definition) is 1. The number of rotatable bonds is 11. The third-order valence-electron chi connectivity index (χ3n) is 13.4. The molecule has 0 aromatic heterocycles. The standard InChI is InChI=1S/C42H59N3O6/c1-27-25-44(26-28(2)45(27)40(49)50)22-10-8-7-9-21-43(6)33-14-11-31(12-15-33)37-24-41(5)38(19-20-42(41,29(3)46)51-30(4)47)36-17-13-32-23-34(48)16-18-35(32)39(36)37/h11-12,14-15,23,27-28,36-38H,7-10,13,16-22,24-26H2,1-6H3,(H,49,50)/t27?,28?,36-,37+,38-,41-,42-/m0/s1. The average molecular weight is 702 g/mol. The largest absolute Gasteiger partial charge is 0.465 e. The molecule has 3 fully saturated rings. The van der Waals surface area contributed by atoms with Crippen LogP contribution in [0.15, 0.2) is 47.1 Å². The van der Waals surface area contributed by atoms with Gasteiger partial charge in [-0.25, -0.2) is 4.79 Å². The number of ether oxygens (including phenoxy) is 1. The van der Waals surface area contributed by atoms with Crippen molar-refractivity contribution in [2.75, 3.05) is 38.1 Å². The van der Waals surface area contributed by atoms with Gasteiger partial charge in [0.05, 0.1) is 0 Å². The van der Waals surface area contributed by atoms with E-state index in [-0.39, 0.29) is 41.5 Å². The van der Waals surface area contributed by atoms with E-state index in [1.165, 1.54) is 34.9 Å². The quantitative estimate of drug-likeness (QED) is 0.186. The van der Waals surface area contributed by atoms with E-state index in [1.54, 1.807) is 11.8 Å². The van der Waals surface area contributed by atoms with Crippen molar-refractivity contribution in [2.24, 2.45) is 17.3 Å². The van der Waals surface area contributed by atoms with Crippen LogP contribution in [-0.2, 0) is 19.1 Å². The van der Waals surface area contributed by atoms with Crippen molar-refractivity contribution in [2.45, 2.75) is 129 Å². The van der Waals surface area contributed by atoms with Gasteiger partial charge in [-0.05, 0) is 125 Å². The number of anilines is 1. The van der Waals surface area contributed by atoms with Gasteiger partial charge in [-0.3, -0.25) is 19.3 Å². The molecule has 1 aromatic carbocycles. The maximum Gasteiger partial charge on any atom is 0.407 e. The number of Topliss-reactive ketones (excluding diaryl/α,β-unsaturated/α-hetero) is 1. The highest BCUT2D eigenvalue weighted by atomic mass is 16.6. The molecule has 2 saturated carbocycles. The van der Waals surface area contributed by atoms with E-state index in [0.29, 0.717) is 18.8 Å². The van der Waals surface area contributed by atoms with Crippen LogP contribution in [0.4, 0.5) is 10.5 Å². The zero-order valence-corrected chi connectivity index (χ0v) is 31.7. The first-order valence-electron chi connectivity index (χ1n) is 19.5. The van der Waals surface area contributed by atoms with Crippen LogP contribution in [0.3, 0.4) is 0 Å². The van der Waals surface area contributed by atoms with Crippen molar-refractivity contribution in [1.29, 1.82) is 0 Å². The fraction of sp³-hybridized carbons (Fsp3) is 0.667. The highest BCUT2D eigenvalue weighted by molar-refractivity contribution is 5.93. The molecule has 1 N–H and O–H groups in total. The summed E-state index contributed by atoms with van der Waals surface area (Å²) in [5.74, 6) is 0.432. The number of hydrogen-bond acceptors (Lipinski definition) is 7. The smallest absolute Gasteiger partial charge is 0.407 e. The van der Waals surface area contributed by atoms with E-state index >= 15 is 0 Å². The number of ketones is 2. The summed E-state index contributed by atoms with van der Waals surface area (Å²) in [5.41, 5.74) is 4.88. The van der Waals surface area contributed by atoms with Crippen molar-refractivity contribution >= 4 is 29.3 Å². The molecule has 9 heteroatoms. The molecule has 1 aromatic rings. The van der Waals surface area contributed by atoms with Gasteiger partial charge in [-0.15, -0.1) is 0 Å². The molecule has 0 spiro atoms. The zero-order valence-electron chi connectivity index (χ0n) is 31.7. The second kappa shape index (κ2) is 14.9. The van der Waals surface area contributed by atoms with Gasteiger partial charge in [0.1, 0.15) is 0 Å². The Labute approximate surface area is 304 Å². The van der Waals surface area contributed by atoms with Gasteiger partial charge in [0.15, 0.2) is 17.2 Å². The molecule has 5 aliphatic rings. The summed E-state index contributed by atoms with van der Waals surface area (Å²) in [6.07, 6.45) is 11.0. The number of carbonyl (C=O) groups is 4. The summed E-state index contributed by atoms with van der Waals surface area (Å²) in [4.78, 5) is 56.3. The van der Waals surface area contributed by atoms with E-state index in [9.17, 15) is 24.3 Å². The molecule has 1 heterocycles. The van der Waals surface area contributed by atoms with Crippen LogP contribution in [0, 0.1) is 17.3 Å². The Kier molecular flexibility index (Phi) is 10.9. The number of allylic oxidation sites excluding steroid dienone is 4. The second-order valence-electron chi connectivity index (χ2n) is 16.6. The lowest BCUT2D eigenvalue weighted by Crippen LogP contribution is -2.58. The first-order chi connectivity index (χ1) is 24.3. The van der Waals surface area contributed by atoms with Crippen LogP contribution in [0.1, 0.15) is 117 Å². The molecular formula is C42H59N3O6. The molecule has 2 unspecified atom stereocenters. The Morgan fingerprint density at radius 1 is 0.961 bits per heavy atom. The number of carboxylic acid groups (broad SMARTS) is 1. The zero-order chi connectivity index (χ0) is 36.7. The SMILES string of the molecule is CC(=O)O[C@]1(C(C)=O)CC[C@H]2[C@@H]3CCC4=CC(=O)CCC4=C3[C@@H](c3ccc(N(C)CCCCCCN4CC(C)N(C(=O)O)C(C)C4)cc3)C[C@@]21C. The molecule has 6 rings (SSSR count). The summed E-state index contributed by atoms with van der Waals surface area (Å²) in [6.45, 7) is 12.8. The predicted octanol–water partition coefficient (Wildman–Crippen LogP) is 7.55. The lowest BCUT2D eigenvalue weighted by molar-refractivity contribution is -0.182. The third kappa shape index (κ3) is 7.04. The van der Waals surface area contributed by atoms with E-state index < -0.39 is 17.1 Å². The van der Waals surface area contributed by atoms with Crippen LogP contribution < -0.4 is 4.90 Å². The Hall–Kier alpha value is -3.46. The van der Waals surface area contributed by atoms with Crippen LogP contribution in [0.2, 0.25) is 0 Å². The fourth-order valence-electron chi connectivity index (χ4n) is 11.1. The van der Waals surface area contributed by atoms with Crippen molar-refractivity contribution in [1.82, 2.24) is 9.80 Å². The first kappa shape index (κ1) is 37.3. The van der Waals surface area contributed by atoms with Crippen LogP contribution in [-0.4, -0.2) is 89.4 Å². The van der Waals surface area contributed by atoms with E-state index in [2.05, 4.69) is 48.0 Å². The molecule has 1 saturated heterocycles. The lowest BCUT2D eigenvalue weighted by Gasteiger charge is -2.55. The van der Waals surface area contributed by atoms with Gasteiger partial charge < -0.3 is 19.6 Å². The van der Waals surface area contributed by atoms with Crippen LogP contribution in [0.5, 0.6) is 0 Å². The number of esters is 1. The number of piperazine rings is 1. The number of amides is 1. The number of fused-ring (bicyclic) bond motifs is 4. The van der Waals surface area contributed by atoms with Crippen molar-refractivity contribution in [3.63, 3.8) is 0 Å². The molecule has 51 heavy (non-hydrogen) atoms. The van der Waals surface area contributed by atoms with Gasteiger partial charge in [0.2, 0.25) is 0 Å². The normalized spacial score (nSPS) is 32.1. The average Bonchev–Trinajstić information content (AvgIpc) is 3.37. The number of nitrogens with zero attached hydrogens (tertiary/aromatic N) is 3. The number of carbonyl (C=O) groups excluding carboxylic acids is 3. The molecule has 1 amide bonds. The fourth-order valence-corrected chi connectivity index (χ4v) is 11.1. The number of benzene rings is 1. The minimum Gasteiger partial charge on any atom is -0.465 e. The van der Waals surface area contributed by atoms with Crippen LogP contribution in [0.25, 0.3) is 0 Å². The second-order valence-corrected chi connectivity index (χ2v) is 16.6. The van der Waals surface area contributed by atoms with Crippen molar-refractivity contribution in [3.05, 3.63) is 52.6 Å². The maximum atomic E-state index is 13.5. The minimum atomic E-state index is -1.11. The topological polar surface area (TPSA) is 107 Å². The van der Waals surface area contributed by atoms with E-state index in [4.69, 9.17) is 4.74 Å². The Bertz CT molecular complexity index is 1570. The van der Waals surface area contributed by atoms with Crippen molar-refractivity contribution < 1.29 is 29.0 Å². The summed E-state index contributed by atoms with van der Waals surface area (Å²) < 4.78 is 6.09. The summed E-state index contributed by atoms with van der Waals surface area (Å²) in [6, 6.07) is 9.03. The summed E-state index contributed by atoms with van der Waals surface area (Å²) in [5, 5.41) is 9.49. The van der Waals surface area contributed by atoms with Gasteiger partial charge in [0, 0.05) is 69.1 Å². The minimum absolute atomic E-state index is 0.0237. The number of unbranched alkanes of at least 4 members (excludes halogenated alkanes) is 3. The molecule has 0 bridgehead atoms. The van der Waals surface area contributed by atoms with E-state index in [0.717, 1.165) is 84.0 Å².